The maximum absolute atomic E-state index is 5.25. The summed E-state index contributed by atoms with van der Waals surface area (Å²) in [6.07, 6.45) is 1.76. The van der Waals surface area contributed by atoms with Crippen molar-refractivity contribution in [1.29, 1.82) is 0 Å². The molecule has 1 aromatic rings. The van der Waals surface area contributed by atoms with Crippen LogP contribution in [-0.2, 0) is 6.54 Å². The Labute approximate surface area is 110 Å². The zero-order valence-electron chi connectivity index (χ0n) is 11.9. The van der Waals surface area contributed by atoms with Gasteiger partial charge in [0.15, 0.2) is 0 Å². The van der Waals surface area contributed by atoms with Gasteiger partial charge in [0.2, 0.25) is 5.88 Å². The van der Waals surface area contributed by atoms with Crippen LogP contribution in [0.5, 0.6) is 5.88 Å². The summed E-state index contributed by atoms with van der Waals surface area (Å²) in [5.74, 6) is 1.42. The number of likely N-dealkylation sites (N-methyl/N-ethyl adjacent to an activating group) is 1. The van der Waals surface area contributed by atoms with Crippen LogP contribution in [-0.4, -0.2) is 43.7 Å². The van der Waals surface area contributed by atoms with E-state index in [9.17, 15) is 0 Å². The van der Waals surface area contributed by atoms with E-state index in [0.29, 0.717) is 5.92 Å². The Hall–Kier alpha value is -1.13. The number of ether oxygens (including phenoxy) is 1. The zero-order valence-corrected chi connectivity index (χ0v) is 11.9. The summed E-state index contributed by atoms with van der Waals surface area (Å²) in [4.78, 5) is 6.48. The van der Waals surface area contributed by atoms with Gasteiger partial charge >= 0.3 is 0 Å². The molecule has 0 atom stereocenters. The van der Waals surface area contributed by atoms with Gasteiger partial charge in [-0.05, 0) is 25.6 Å². The number of hydrogen-bond donors (Lipinski definition) is 1. The highest BCUT2D eigenvalue weighted by molar-refractivity contribution is 5.24. The van der Waals surface area contributed by atoms with E-state index >= 15 is 0 Å². The molecule has 0 aromatic carbocycles. The molecule has 4 nitrogen and oxygen atoms in total. The Balaban J connectivity index is 2.33. The third-order valence-electron chi connectivity index (χ3n) is 2.71. The third kappa shape index (κ3) is 5.47. The summed E-state index contributed by atoms with van der Waals surface area (Å²) >= 11 is 0. The maximum atomic E-state index is 5.25. The van der Waals surface area contributed by atoms with E-state index in [4.69, 9.17) is 4.74 Å². The molecule has 1 aromatic heterocycles. The maximum Gasteiger partial charge on any atom is 0.217 e. The molecular formula is C14H25N3O. The second kappa shape index (κ2) is 8.06. The number of nitrogens with one attached hydrogen (secondary N) is 1. The van der Waals surface area contributed by atoms with Crippen molar-refractivity contribution in [2.75, 3.05) is 33.8 Å². The van der Waals surface area contributed by atoms with Crippen molar-refractivity contribution in [3.63, 3.8) is 0 Å². The number of nitrogens with zero attached hydrogens (tertiary/aromatic N) is 2. The molecule has 0 aliphatic heterocycles. The molecule has 102 valence electrons. The molecule has 1 heterocycles. The van der Waals surface area contributed by atoms with Crippen molar-refractivity contribution in [1.82, 2.24) is 15.2 Å². The van der Waals surface area contributed by atoms with E-state index in [1.807, 2.05) is 6.07 Å². The van der Waals surface area contributed by atoms with Gasteiger partial charge in [0.25, 0.3) is 0 Å². The minimum absolute atomic E-state index is 0.703. The predicted octanol–water partition coefficient (Wildman–Crippen LogP) is 1.77. The lowest BCUT2D eigenvalue weighted by molar-refractivity contribution is 0.310. The molecule has 1 N–H and O–H groups in total. The van der Waals surface area contributed by atoms with Crippen LogP contribution in [0.1, 0.15) is 19.4 Å². The largest absolute Gasteiger partial charge is 0.481 e. The highest BCUT2D eigenvalue weighted by Gasteiger charge is 2.06. The van der Waals surface area contributed by atoms with Gasteiger partial charge in [0.1, 0.15) is 0 Å². The van der Waals surface area contributed by atoms with Gasteiger partial charge in [-0.25, -0.2) is 4.98 Å². The molecule has 18 heavy (non-hydrogen) atoms. The fraction of sp³-hybridized carbons (Fsp3) is 0.643. The molecule has 0 unspecified atom stereocenters. The van der Waals surface area contributed by atoms with E-state index in [1.165, 1.54) is 0 Å². The van der Waals surface area contributed by atoms with Gasteiger partial charge < -0.3 is 15.0 Å². The van der Waals surface area contributed by atoms with Crippen molar-refractivity contribution in [3.8, 4) is 5.88 Å². The van der Waals surface area contributed by atoms with Gasteiger partial charge in [-0.1, -0.05) is 19.9 Å². The number of aromatic nitrogens is 1. The van der Waals surface area contributed by atoms with E-state index in [1.54, 1.807) is 13.3 Å². The number of pyridine rings is 1. The predicted molar refractivity (Wildman–Crippen MR) is 74.8 cm³/mol. The fourth-order valence-electron chi connectivity index (χ4n) is 1.76. The highest BCUT2D eigenvalue weighted by Crippen LogP contribution is 2.14. The SMILES string of the molecule is COc1ncccc1CN(C)CCNCC(C)C. The normalized spacial score (nSPS) is 11.2. The quantitative estimate of drug-likeness (QED) is 0.715. The smallest absolute Gasteiger partial charge is 0.217 e. The Kier molecular flexibility index (Phi) is 6.68. The zero-order chi connectivity index (χ0) is 13.4. The van der Waals surface area contributed by atoms with Crippen LogP contribution in [0.25, 0.3) is 0 Å². The van der Waals surface area contributed by atoms with E-state index in [-0.39, 0.29) is 0 Å². The molecule has 0 saturated heterocycles. The Morgan fingerprint density at radius 1 is 1.44 bits per heavy atom. The van der Waals surface area contributed by atoms with E-state index < -0.39 is 0 Å². The van der Waals surface area contributed by atoms with E-state index in [2.05, 4.69) is 42.2 Å². The van der Waals surface area contributed by atoms with Gasteiger partial charge in [0, 0.05) is 31.4 Å². The second-order valence-electron chi connectivity index (χ2n) is 5.01. The van der Waals surface area contributed by atoms with Crippen LogP contribution < -0.4 is 10.1 Å². The van der Waals surface area contributed by atoms with E-state index in [0.717, 1.165) is 37.6 Å². The third-order valence-corrected chi connectivity index (χ3v) is 2.71. The summed E-state index contributed by atoms with van der Waals surface area (Å²) in [6.45, 7) is 8.40. The molecule has 0 fully saturated rings. The summed E-state index contributed by atoms with van der Waals surface area (Å²) < 4.78 is 5.25. The van der Waals surface area contributed by atoms with Gasteiger partial charge in [0.05, 0.1) is 7.11 Å². The lowest BCUT2D eigenvalue weighted by atomic mass is 10.2. The molecular weight excluding hydrogens is 226 g/mol. The van der Waals surface area contributed by atoms with Gasteiger partial charge in [-0.15, -0.1) is 0 Å². The molecule has 0 saturated carbocycles. The Bertz CT molecular complexity index is 342. The molecule has 0 amide bonds. The highest BCUT2D eigenvalue weighted by atomic mass is 16.5. The Morgan fingerprint density at radius 3 is 2.89 bits per heavy atom. The van der Waals surface area contributed by atoms with Crippen LogP contribution in [0.2, 0.25) is 0 Å². The summed E-state index contributed by atoms with van der Waals surface area (Å²) in [7, 11) is 3.78. The first kappa shape index (κ1) is 14.9. The van der Waals surface area contributed by atoms with Crippen molar-refractivity contribution in [2.24, 2.45) is 5.92 Å². The molecule has 0 spiro atoms. The fourth-order valence-corrected chi connectivity index (χ4v) is 1.76. The molecule has 0 bridgehead atoms. The van der Waals surface area contributed by atoms with Crippen LogP contribution in [0.4, 0.5) is 0 Å². The van der Waals surface area contributed by atoms with Gasteiger partial charge in [-0.2, -0.15) is 0 Å². The molecule has 1 rings (SSSR count). The lowest BCUT2D eigenvalue weighted by Crippen LogP contribution is -2.31. The molecule has 4 heteroatoms. The molecule has 0 radical (unpaired) electrons. The standard InChI is InChI=1S/C14H25N3O/c1-12(2)10-15-8-9-17(3)11-13-6-5-7-16-14(13)18-4/h5-7,12,15H,8-11H2,1-4H3. The van der Waals surface area contributed by atoms with Crippen LogP contribution in [0.3, 0.4) is 0 Å². The number of rotatable bonds is 8. The van der Waals surface area contributed by atoms with Crippen LogP contribution in [0.15, 0.2) is 18.3 Å². The Morgan fingerprint density at radius 2 is 2.22 bits per heavy atom. The minimum atomic E-state index is 0.703. The molecule has 0 aliphatic carbocycles. The minimum Gasteiger partial charge on any atom is -0.481 e. The van der Waals surface area contributed by atoms with Crippen LogP contribution >= 0.6 is 0 Å². The summed E-state index contributed by atoms with van der Waals surface area (Å²) in [5, 5.41) is 3.44. The number of methoxy groups -OCH3 is 1. The lowest BCUT2D eigenvalue weighted by Gasteiger charge is -2.18. The monoisotopic (exact) mass is 251 g/mol. The van der Waals surface area contributed by atoms with Crippen molar-refractivity contribution >= 4 is 0 Å². The van der Waals surface area contributed by atoms with Crippen LogP contribution in [0, 0.1) is 5.92 Å². The van der Waals surface area contributed by atoms with Gasteiger partial charge in [-0.3, -0.25) is 0 Å². The van der Waals surface area contributed by atoms with Crippen molar-refractivity contribution in [3.05, 3.63) is 23.9 Å². The second-order valence-corrected chi connectivity index (χ2v) is 5.01. The average molecular weight is 251 g/mol. The first-order valence-corrected chi connectivity index (χ1v) is 6.50. The first-order chi connectivity index (χ1) is 8.63. The summed E-state index contributed by atoms with van der Waals surface area (Å²) in [5.41, 5.74) is 1.13. The van der Waals surface area contributed by atoms with Crippen molar-refractivity contribution in [2.45, 2.75) is 20.4 Å². The molecule has 0 aliphatic rings. The summed E-state index contributed by atoms with van der Waals surface area (Å²) in [6, 6.07) is 4.01. The van der Waals surface area contributed by atoms with Crippen molar-refractivity contribution < 1.29 is 4.74 Å². The first-order valence-electron chi connectivity index (χ1n) is 6.50. The average Bonchev–Trinajstić information content (AvgIpc) is 2.35. The topological polar surface area (TPSA) is 37.4 Å². The number of hydrogen-bond acceptors (Lipinski definition) is 4.